The average Bonchev–Trinajstić information content (AvgIpc) is 3.13. The van der Waals surface area contributed by atoms with Gasteiger partial charge >= 0.3 is 17.9 Å². The van der Waals surface area contributed by atoms with Crippen LogP contribution >= 0.6 is 0 Å². The molecular formula is C37H34N4O16. The number of hydrogen-bond donors (Lipinski definition) is 2. The lowest BCUT2D eigenvalue weighted by molar-refractivity contribution is -0.763. The molecule has 0 saturated carbocycles. The van der Waals surface area contributed by atoms with E-state index in [1.54, 1.807) is 54.6 Å². The van der Waals surface area contributed by atoms with Crippen LogP contribution in [-0.2, 0) is 79.2 Å². The minimum atomic E-state index is -1.92. The van der Waals surface area contributed by atoms with Crippen molar-refractivity contribution in [3.63, 3.8) is 0 Å². The molecule has 0 radical (unpaired) electrons. The Morgan fingerprint density at radius 3 is 1.40 bits per heavy atom. The summed E-state index contributed by atoms with van der Waals surface area (Å²) in [4.78, 5) is 96.8. The third kappa shape index (κ3) is 13.9. The van der Waals surface area contributed by atoms with Crippen molar-refractivity contribution in [2.45, 2.75) is 58.0 Å². The van der Waals surface area contributed by atoms with Crippen molar-refractivity contribution in [3.05, 3.63) is 160 Å². The first-order chi connectivity index (χ1) is 27.1. The van der Waals surface area contributed by atoms with E-state index in [0.717, 1.165) is 0 Å². The van der Waals surface area contributed by atoms with E-state index in [1.165, 1.54) is 43.3 Å². The maximum Gasteiger partial charge on any atom is 0.329 e. The number of esters is 2. The van der Waals surface area contributed by atoms with E-state index in [2.05, 4.69) is 19.8 Å². The van der Waals surface area contributed by atoms with Crippen LogP contribution in [0.4, 0.5) is 0 Å². The molecule has 20 heteroatoms. The highest BCUT2D eigenvalue weighted by atomic mass is 17.0. The van der Waals surface area contributed by atoms with E-state index in [-0.39, 0.29) is 62.6 Å². The highest BCUT2D eigenvalue weighted by Crippen LogP contribution is 2.31. The molecule has 1 atom stereocenters. The van der Waals surface area contributed by atoms with Gasteiger partial charge in [0.2, 0.25) is 5.91 Å². The quantitative estimate of drug-likeness (QED) is 0.0525. The normalized spacial score (nSPS) is 11.6. The topological polar surface area (TPSA) is 276 Å². The first-order valence-electron chi connectivity index (χ1n) is 16.7. The summed E-state index contributed by atoms with van der Waals surface area (Å²) in [5, 5.41) is 41.6. The number of carboxylic acids is 1. The van der Waals surface area contributed by atoms with Crippen LogP contribution in [0.15, 0.2) is 91.0 Å². The molecule has 0 bridgehead atoms. The standard InChI is InChI=1S/C37H34N4O16/c1-37(36(45)46,38-33(42)17-24-5-2-8-28(13-24)21-53-39(47)48)20-27-11-12-31(56-34(43)18-25-6-3-9-29(14-25)22-54-40(49)50)32(16-27)57-35(44)19-26-7-4-10-30(15-26)23-55-41(51)52/h2-16H,17-23H2,1H3,(H,38,42)(H,45,46). The van der Waals surface area contributed by atoms with Crippen molar-refractivity contribution in [1.82, 2.24) is 5.32 Å². The van der Waals surface area contributed by atoms with E-state index in [1.807, 2.05) is 0 Å². The number of rotatable bonds is 21. The van der Waals surface area contributed by atoms with Gasteiger partial charge in [0.25, 0.3) is 15.3 Å². The number of nitrogens with zero attached hydrogens (tertiary/aromatic N) is 3. The van der Waals surface area contributed by atoms with Crippen LogP contribution in [0.5, 0.6) is 11.5 Å². The third-order valence-corrected chi connectivity index (χ3v) is 7.95. The van der Waals surface area contributed by atoms with Crippen molar-refractivity contribution >= 4 is 23.8 Å². The molecule has 0 saturated heterocycles. The van der Waals surface area contributed by atoms with Crippen molar-refractivity contribution in [2.24, 2.45) is 0 Å². The van der Waals surface area contributed by atoms with Gasteiger partial charge in [0.05, 0.1) is 19.3 Å². The summed E-state index contributed by atoms with van der Waals surface area (Å²) >= 11 is 0. The molecule has 4 rings (SSSR count). The second-order valence-corrected chi connectivity index (χ2v) is 12.6. The monoisotopic (exact) mass is 790 g/mol. The number of carbonyl (C=O) groups is 4. The number of hydrogen-bond acceptors (Lipinski definition) is 15. The molecule has 1 unspecified atom stereocenters. The number of ether oxygens (including phenoxy) is 2. The maximum absolute atomic E-state index is 13.2. The van der Waals surface area contributed by atoms with Gasteiger partial charge in [-0.05, 0) is 58.0 Å². The number of benzene rings is 4. The molecule has 0 fully saturated rings. The van der Waals surface area contributed by atoms with Crippen LogP contribution in [0.2, 0.25) is 0 Å². The Kier molecular flexibility index (Phi) is 14.5. The fourth-order valence-electron chi connectivity index (χ4n) is 5.47. The zero-order chi connectivity index (χ0) is 41.5. The van der Waals surface area contributed by atoms with Gasteiger partial charge in [-0.1, -0.05) is 78.9 Å². The molecule has 0 aromatic heterocycles. The van der Waals surface area contributed by atoms with Crippen LogP contribution in [0.25, 0.3) is 0 Å². The lowest BCUT2D eigenvalue weighted by atomic mass is 9.92. The molecule has 0 aliphatic rings. The largest absolute Gasteiger partial charge is 0.480 e. The first-order valence-corrected chi connectivity index (χ1v) is 16.7. The second-order valence-electron chi connectivity index (χ2n) is 12.6. The zero-order valence-electron chi connectivity index (χ0n) is 30.0. The fourth-order valence-corrected chi connectivity index (χ4v) is 5.47. The summed E-state index contributed by atoms with van der Waals surface area (Å²) < 4.78 is 11.2. The summed E-state index contributed by atoms with van der Waals surface area (Å²) in [7, 11) is 0. The minimum absolute atomic E-state index is 0.222. The van der Waals surface area contributed by atoms with E-state index < -0.39 is 44.6 Å². The van der Waals surface area contributed by atoms with E-state index >= 15 is 0 Å². The Labute approximate surface area is 322 Å². The molecule has 1 amide bonds. The van der Waals surface area contributed by atoms with Crippen LogP contribution in [0.1, 0.15) is 45.9 Å². The fraction of sp³-hybridized carbons (Fsp3) is 0.243. The summed E-state index contributed by atoms with van der Waals surface area (Å²) in [6.07, 6.45) is -1.28. The summed E-state index contributed by atoms with van der Waals surface area (Å²) in [5.74, 6) is -4.27. The molecule has 2 N–H and O–H groups in total. The molecule has 4 aromatic carbocycles. The highest BCUT2D eigenvalue weighted by molar-refractivity contribution is 5.88. The van der Waals surface area contributed by atoms with Gasteiger partial charge in [-0.3, -0.25) is 14.4 Å². The number of carboxylic acid groups (broad SMARTS) is 1. The smallest absolute Gasteiger partial charge is 0.329 e. The van der Waals surface area contributed by atoms with Crippen molar-refractivity contribution in [3.8, 4) is 11.5 Å². The maximum atomic E-state index is 13.2. The Bertz CT molecular complexity index is 2160. The zero-order valence-corrected chi connectivity index (χ0v) is 30.0. The highest BCUT2D eigenvalue weighted by Gasteiger charge is 2.35. The predicted octanol–water partition coefficient (Wildman–Crippen LogP) is 3.85. The molecule has 298 valence electrons. The molecule has 0 heterocycles. The van der Waals surface area contributed by atoms with Gasteiger partial charge in [-0.2, -0.15) is 0 Å². The molecule has 57 heavy (non-hydrogen) atoms. The third-order valence-electron chi connectivity index (χ3n) is 7.95. The first kappa shape index (κ1) is 42.1. The molecule has 0 aliphatic carbocycles. The lowest BCUT2D eigenvalue weighted by Gasteiger charge is -2.27. The van der Waals surface area contributed by atoms with Gasteiger partial charge in [0.1, 0.15) is 25.4 Å². The van der Waals surface area contributed by atoms with Crippen LogP contribution in [-0.4, -0.2) is 49.7 Å². The van der Waals surface area contributed by atoms with Crippen molar-refractivity contribution in [1.29, 1.82) is 0 Å². The molecule has 4 aromatic rings. The van der Waals surface area contributed by atoms with E-state index in [4.69, 9.17) is 9.47 Å². The minimum Gasteiger partial charge on any atom is -0.480 e. The Morgan fingerprint density at radius 2 is 0.982 bits per heavy atom. The summed E-state index contributed by atoms with van der Waals surface area (Å²) in [5.41, 5.74) is 0.787. The van der Waals surface area contributed by atoms with Gasteiger partial charge in [-0.25, -0.2) is 4.79 Å². The van der Waals surface area contributed by atoms with Gasteiger partial charge in [0, 0.05) is 6.42 Å². The lowest BCUT2D eigenvalue weighted by Crippen LogP contribution is -2.54. The van der Waals surface area contributed by atoms with Crippen LogP contribution in [0, 0.1) is 30.3 Å². The van der Waals surface area contributed by atoms with Gasteiger partial charge < -0.3 is 34.4 Å². The molecule has 0 aliphatic heterocycles. The second kappa shape index (κ2) is 19.6. The van der Waals surface area contributed by atoms with Crippen LogP contribution in [0.3, 0.4) is 0 Å². The van der Waals surface area contributed by atoms with E-state index in [9.17, 15) is 54.6 Å². The number of aliphatic carboxylic acids is 1. The molecule has 20 nitrogen and oxygen atoms in total. The van der Waals surface area contributed by atoms with Crippen LogP contribution < -0.4 is 14.8 Å². The Balaban J connectivity index is 1.55. The predicted molar refractivity (Wildman–Crippen MR) is 191 cm³/mol. The van der Waals surface area contributed by atoms with E-state index in [0.29, 0.717) is 33.4 Å². The number of nitrogens with one attached hydrogen (secondary N) is 1. The van der Waals surface area contributed by atoms with Gasteiger partial charge in [-0.15, -0.1) is 30.3 Å². The van der Waals surface area contributed by atoms with Crippen molar-refractivity contribution in [2.75, 3.05) is 0 Å². The van der Waals surface area contributed by atoms with Gasteiger partial charge in [0.15, 0.2) is 11.5 Å². The SMILES string of the molecule is CC(Cc1ccc(OC(=O)Cc2cccc(CO[N+](=O)[O-])c2)c(OC(=O)Cc2cccc(CO[N+](=O)[O-])c2)c1)(NC(=O)Cc1cccc(CO[N+](=O)[O-])c1)C(=O)O. The summed E-state index contributed by atoms with van der Waals surface area (Å²) in [6.45, 7) is 0.184. The molecule has 0 spiro atoms. The Morgan fingerprint density at radius 1 is 0.579 bits per heavy atom. The summed E-state index contributed by atoms with van der Waals surface area (Å²) in [6, 6.07) is 22.5. The number of carbonyl (C=O) groups excluding carboxylic acids is 3. The number of amides is 1. The average molecular weight is 791 g/mol. The van der Waals surface area contributed by atoms with Crippen molar-refractivity contribution < 1.29 is 63.5 Å². The molecular weight excluding hydrogens is 756 g/mol. The Hall–Kier alpha value is -7.64.